The highest BCUT2D eigenvalue weighted by atomic mass is 16.1. The maximum atomic E-state index is 11.6. The second-order valence-electron chi connectivity index (χ2n) is 5.30. The first-order valence-electron chi connectivity index (χ1n) is 6.96. The summed E-state index contributed by atoms with van der Waals surface area (Å²) in [6, 6.07) is 11.2. The van der Waals surface area contributed by atoms with Crippen LogP contribution in [0.15, 0.2) is 30.3 Å². The maximum absolute atomic E-state index is 11.6. The van der Waals surface area contributed by atoms with Gasteiger partial charge in [-0.05, 0) is 18.9 Å². The molecule has 1 aliphatic heterocycles. The van der Waals surface area contributed by atoms with Crippen LogP contribution in [0, 0.1) is 0 Å². The number of amides is 1. The third-order valence-electron chi connectivity index (χ3n) is 3.67. The number of hydrogen-bond donors (Lipinski definition) is 2. The molecular weight excluding hydrogens is 238 g/mol. The van der Waals surface area contributed by atoms with Crippen molar-refractivity contribution >= 4 is 5.91 Å². The van der Waals surface area contributed by atoms with Gasteiger partial charge in [-0.25, -0.2) is 0 Å². The lowest BCUT2D eigenvalue weighted by molar-refractivity contribution is -0.121. The molecule has 2 rings (SSSR count). The Labute approximate surface area is 115 Å². The average Bonchev–Trinajstić information content (AvgIpc) is 2.71. The van der Waals surface area contributed by atoms with Crippen molar-refractivity contribution in [1.29, 1.82) is 0 Å². The summed E-state index contributed by atoms with van der Waals surface area (Å²) in [6.45, 7) is 4.51. The van der Waals surface area contributed by atoms with Crippen molar-refractivity contribution in [2.24, 2.45) is 5.73 Å². The van der Waals surface area contributed by atoms with Crippen LogP contribution in [0.25, 0.3) is 0 Å². The molecule has 0 aromatic heterocycles. The van der Waals surface area contributed by atoms with Gasteiger partial charge in [-0.1, -0.05) is 30.3 Å². The summed E-state index contributed by atoms with van der Waals surface area (Å²) in [5.74, 6) is 0.0706. The highest BCUT2D eigenvalue weighted by Crippen LogP contribution is 2.20. The highest BCUT2D eigenvalue weighted by molar-refractivity contribution is 5.76. The number of benzene rings is 1. The fourth-order valence-corrected chi connectivity index (χ4v) is 2.67. The van der Waals surface area contributed by atoms with E-state index in [1.54, 1.807) is 0 Å². The number of nitrogens with two attached hydrogens (primary N) is 1. The molecule has 0 bridgehead atoms. The number of carbonyl (C=O) groups excluding carboxylic acids is 1. The summed E-state index contributed by atoms with van der Waals surface area (Å²) in [4.78, 5) is 14.0. The first-order chi connectivity index (χ1) is 9.19. The molecule has 4 heteroatoms. The first-order valence-corrected chi connectivity index (χ1v) is 6.96. The standard InChI is InChI=1S/C15H23N3O/c1-12-9-14(17-15(19)7-8-16)11-18(12)10-13-5-3-2-4-6-13/h2-6,12,14H,7-11,16H2,1H3,(H,17,19)/t12-,14-/m1/s1. The van der Waals surface area contributed by atoms with E-state index < -0.39 is 0 Å². The minimum atomic E-state index is 0.0706. The Bertz CT molecular complexity index is 407. The van der Waals surface area contributed by atoms with Crippen LogP contribution >= 0.6 is 0 Å². The molecule has 0 aliphatic carbocycles. The molecule has 2 atom stereocenters. The summed E-state index contributed by atoms with van der Waals surface area (Å²) in [7, 11) is 0. The minimum absolute atomic E-state index is 0.0706. The van der Waals surface area contributed by atoms with E-state index in [4.69, 9.17) is 5.73 Å². The summed E-state index contributed by atoms with van der Waals surface area (Å²) in [5, 5.41) is 3.07. The molecule has 1 heterocycles. The van der Waals surface area contributed by atoms with Gasteiger partial charge in [0.05, 0.1) is 0 Å². The normalized spacial score (nSPS) is 23.5. The largest absolute Gasteiger partial charge is 0.352 e. The molecule has 1 aliphatic rings. The van der Waals surface area contributed by atoms with Gasteiger partial charge in [0.15, 0.2) is 0 Å². The van der Waals surface area contributed by atoms with Crippen LogP contribution in [0.3, 0.4) is 0 Å². The molecular formula is C15H23N3O. The lowest BCUT2D eigenvalue weighted by Gasteiger charge is -2.20. The molecule has 19 heavy (non-hydrogen) atoms. The van der Waals surface area contributed by atoms with Crippen molar-refractivity contribution < 1.29 is 4.79 Å². The molecule has 4 nitrogen and oxygen atoms in total. The topological polar surface area (TPSA) is 58.4 Å². The quantitative estimate of drug-likeness (QED) is 0.835. The van der Waals surface area contributed by atoms with Crippen molar-refractivity contribution in [3.8, 4) is 0 Å². The van der Waals surface area contributed by atoms with Gasteiger partial charge in [0.1, 0.15) is 0 Å². The predicted molar refractivity (Wildman–Crippen MR) is 76.5 cm³/mol. The van der Waals surface area contributed by atoms with Gasteiger partial charge >= 0.3 is 0 Å². The van der Waals surface area contributed by atoms with Gasteiger partial charge in [-0.2, -0.15) is 0 Å². The fourth-order valence-electron chi connectivity index (χ4n) is 2.67. The molecule has 1 saturated heterocycles. The number of nitrogens with zero attached hydrogens (tertiary/aromatic N) is 1. The third kappa shape index (κ3) is 4.04. The second kappa shape index (κ2) is 6.68. The van der Waals surface area contributed by atoms with Crippen LogP contribution in [0.2, 0.25) is 0 Å². The van der Waals surface area contributed by atoms with Crippen LogP contribution in [-0.2, 0) is 11.3 Å². The number of nitrogens with one attached hydrogen (secondary N) is 1. The summed E-state index contributed by atoms with van der Waals surface area (Å²) in [6.07, 6.45) is 1.44. The van der Waals surface area contributed by atoms with Crippen LogP contribution in [0.1, 0.15) is 25.3 Å². The SMILES string of the molecule is C[C@@H]1C[C@@H](NC(=O)CCN)CN1Cc1ccccc1. The zero-order chi connectivity index (χ0) is 13.7. The maximum Gasteiger partial charge on any atom is 0.221 e. The van der Waals surface area contributed by atoms with Crippen LogP contribution in [-0.4, -0.2) is 36.0 Å². The van der Waals surface area contributed by atoms with Gasteiger partial charge in [0, 0.05) is 38.1 Å². The molecule has 3 N–H and O–H groups in total. The first kappa shape index (κ1) is 14.0. The van der Waals surface area contributed by atoms with Gasteiger partial charge in [-0.3, -0.25) is 9.69 Å². The number of likely N-dealkylation sites (tertiary alicyclic amines) is 1. The molecule has 0 saturated carbocycles. The molecule has 0 unspecified atom stereocenters. The van der Waals surface area contributed by atoms with E-state index in [1.807, 2.05) is 6.07 Å². The zero-order valence-electron chi connectivity index (χ0n) is 11.5. The van der Waals surface area contributed by atoms with Crippen molar-refractivity contribution in [3.05, 3.63) is 35.9 Å². The molecule has 0 radical (unpaired) electrons. The van der Waals surface area contributed by atoms with E-state index in [0.29, 0.717) is 19.0 Å². The van der Waals surface area contributed by atoms with Gasteiger partial charge in [0.25, 0.3) is 0 Å². The summed E-state index contributed by atoms with van der Waals surface area (Å²) < 4.78 is 0. The molecule has 104 valence electrons. The highest BCUT2D eigenvalue weighted by Gasteiger charge is 2.29. The van der Waals surface area contributed by atoms with Crippen LogP contribution in [0.4, 0.5) is 0 Å². The molecule has 1 aromatic carbocycles. The lowest BCUT2D eigenvalue weighted by atomic mass is 10.2. The van der Waals surface area contributed by atoms with Crippen molar-refractivity contribution in [2.45, 2.75) is 38.4 Å². The van der Waals surface area contributed by atoms with E-state index in [-0.39, 0.29) is 11.9 Å². The molecule has 0 spiro atoms. The van der Waals surface area contributed by atoms with E-state index >= 15 is 0 Å². The van der Waals surface area contributed by atoms with E-state index in [9.17, 15) is 4.79 Å². The van der Waals surface area contributed by atoms with Crippen LogP contribution in [0.5, 0.6) is 0 Å². The van der Waals surface area contributed by atoms with Crippen molar-refractivity contribution in [2.75, 3.05) is 13.1 Å². The Balaban J connectivity index is 1.85. The number of carbonyl (C=O) groups is 1. The Hall–Kier alpha value is -1.39. The van der Waals surface area contributed by atoms with Gasteiger partial charge in [-0.15, -0.1) is 0 Å². The van der Waals surface area contributed by atoms with Gasteiger partial charge in [0.2, 0.25) is 5.91 Å². The van der Waals surface area contributed by atoms with Crippen molar-refractivity contribution in [3.63, 3.8) is 0 Å². The molecule has 1 fully saturated rings. The van der Waals surface area contributed by atoms with Gasteiger partial charge < -0.3 is 11.1 Å². The van der Waals surface area contributed by atoms with Crippen molar-refractivity contribution in [1.82, 2.24) is 10.2 Å². The lowest BCUT2D eigenvalue weighted by Crippen LogP contribution is -2.37. The summed E-state index contributed by atoms with van der Waals surface area (Å²) >= 11 is 0. The Morgan fingerprint density at radius 3 is 2.84 bits per heavy atom. The van der Waals surface area contributed by atoms with Crippen LogP contribution < -0.4 is 11.1 Å². The molecule has 1 amide bonds. The number of hydrogen-bond acceptors (Lipinski definition) is 3. The monoisotopic (exact) mass is 261 g/mol. The van der Waals surface area contributed by atoms with E-state index in [1.165, 1.54) is 5.56 Å². The number of rotatable bonds is 5. The fraction of sp³-hybridized carbons (Fsp3) is 0.533. The third-order valence-corrected chi connectivity index (χ3v) is 3.67. The smallest absolute Gasteiger partial charge is 0.221 e. The van der Waals surface area contributed by atoms with E-state index in [2.05, 4.69) is 41.4 Å². The zero-order valence-corrected chi connectivity index (χ0v) is 11.5. The minimum Gasteiger partial charge on any atom is -0.352 e. The average molecular weight is 261 g/mol. The Morgan fingerprint density at radius 1 is 1.42 bits per heavy atom. The predicted octanol–water partition coefficient (Wildman–Crippen LogP) is 1.11. The van der Waals surface area contributed by atoms with E-state index in [0.717, 1.165) is 19.5 Å². The summed E-state index contributed by atoms with van der Waals surface area (Å²) in [5.41, 5.74) is 6.71. The molecule has 1 aromatic rings. The Kier molecular flexibility index (Phi) is 4.93. The second-order valence-corrected chi connectivity index (χ2v) is 5.30. The Morgan fingerprint density at radius 2 is 2.16 bits per heavy atom.